The number of aromatic amines is 1. The molecule has 1 saturated carbocycles. The van der Waals surface area contributed by atoms with E-state index in [2.05, 4.69) is 16.9 Å². The van der Waals surface area contributed by atoms with Crippen LogP contribution < -0.4 is 0 Å². The lowest BCUT2D eigenvalue weighted by molar-refractivity contribution is 0.273. The Morgan fingerprint density at radius 1 is 1.33 bits per heavy atom. The summed E-state index contributed by atoms with van der Waals surface area (Å²) in [7, 11) is 0. The lowest BCUT2D eigenvalue weighted by atomic mass is 9.80. The highest BCUT2D eigenvalue weighted by Crippen LogP contribution is 2.31. The zero-order valence-corrected chi connectivity index (χ0v) is 11.8. The van der Waals surface area contributed by atoms with E-state index in [1.807, 2.05) is 12.4 Å². The molecule has 0 saturated heterocycles. The van der Waals surface area contributed by atoms with E-state index in [0.29, 0.717) is 0 Å². The topological polar surface area (TPSA) is 28.7 Å². The quantitative estimate of drug-likeness (QED) is 0.742. The second kappa shape index (κ2) is 7.60. The molecule has 1 atom stereocenters. The van der Waals surface area contributed by atoms with Gasteiger partial charge in [-0.2, -0.15) is 0 Å². The molecule has 1 unspecified atom stereocenters. The van der Waals surface area contributed by atoms with Gasteiger partial charge in [-0.3, -0.25) is 0 Å². The number of hydrogen-bond acceptors (Lipinski definition) is 1. The number of aromatic nitrogens is 2. The fraction of sp³-hybridized carbons (Fsp3) is 0.812. The Labute approximate surface area is 112 Å². The molecule has 2 heteroatoms. The highest BCUT2D eigenvalue weighted by Gasteiger charge is 2.19. The molecule has 1 aliphatic rings. The van der Waals surface area contributed by atoms with Gasteiger partial charge in [-0.15, -0.1) is 0 Å². The Morgan fingerprint density at radius 2 is 2.17 bits per heavy atom. The van der Waals surface area contributed by atoms with Gasteiger partial charge in [-0.1, -0.05) is 58.3 Å². The van der Waals surface area contributed by atoms with E-state index in [4.69, 9.17) is 0 Å². The zero-order valence-electron chi connectivity index (χ0n) is 11.8. The molecule has 0 bridgehead atoms. The molecular formula is C16H28N2. The summed E-state index contributed by atoms with van der Waals surface area (Å²) in [6.45, 7) is 2.30. The smallest absolute Gasteiger partial charge is 0.106 e. The summed E-state index contributed by atoms with van der Waals surface area (Å²) >= 11 is 0. The van der Waals surface area contributed by atoms with Gasteiger partial charge in [0.2, 0.25) is 0 Å². The number of imidazole rings is 1. The van der Waals surface area contributed by atoms with Gasteiger partial charge in [-0.25, -0.2) is 4.98 Å². The molecule has 1 aliphatic carbocycles. The predicted octanol–water partition coefficient (Wildman–Crippen LogP) is 4.73. The lowest BCUT2D eigenvalue weighted by Crippen LogP contribution is -2.15. The third-order valence-electron chi connectivity index (χ3n) is 4.39. The summed E-state index contributed by atoms with van der Waals surface area (Å²) in [5.74, 6) is 3.03. The van der Waals surface area contributed by atoms with Crippen LogP contribution in [0.1, 0.15) is 70.5 Å². The minimum atomic E-state index is 0.846. The van der Waals surface area contributed by atoms with Crippen LogP contribution >= 0.6 is 0 Å². The summed E-state index contributed by atoms with van der Waals surface area (Å²) in [4.78, 5) is 7.67. The second-order valence-corrected chi connectivity index (χ2v) is 5.99. The van der Waals surface area contributed by atoms with E-state index in [-0.39, 0.29) is 0 Å². The molecule has 1 fully saturated rings. The van der Waals surface area contributed by atoms with Gasteiger partial charge in [0.25, 0.3) is 0 Å². The standard InChI is InChI=1S/C16H28N2/c1-2-3-7-15(13-16-17-10-11-18-16)12-14-8-5-4-6-9-14/h10-11,14-15H,2-9,12-13H2,1H3,(H,17,18). The van der Waals surface area contributed by atoms with Crippen LogP contribution in [0, 0.1) is 11.8 Å². The molecule has 1 N–H and O–H groups in total. The van der Waals surface area contributed by atoms with Crippen LogP contribution in [0.3, 0.4) is 0 Å². The normalized spacial score (nSPS) is 18.9. The molecular weight excluding hydrogens is 220 g/mol. The first-order valence-corrected chi connectivity index (χ1v) is 7.86. The molecule has 0 aliphatic heterocycles. The molecule has 102 valence electrons. The number of unbranched alkanes of at least 4 members (excludes halogenated alkanes) is 1. The van der Waals surface area contributed by atoms with Crippen LogP contribution in [0.15, 0.2) is 12.4 Å². The average Bonchev–Trinajstić information content (AvgIpc) is 2.90. The number of rotatable bonds is 7. The van der Waals surface area contributed by atoms with Crippen molar-refractivity contribution in [2.45, 2.75) is 71.1 Å². The van der Waals surface area contributed by atoms with E-state index in [1.165, 1.54) is 63.6 Å². The summed E-state index contributed by atoms with van der Waals surface area (Å²) in [5, 5.41) is 0. The molecule has 2 rings (SSSR count). The Bertz CT molecular complexity index is 299. The van der Waals surface area contributed by atoms with E-state index in [0.717, 1.165) is 18.3 Å². The van der Waals surface area contributed by atoms with Crippen LogP contribution in [0.4, 0.5) is 0 Å². The molecule has 1 heterocycles. The predicted molar refractivity (Wildman–Crippen MR) is 76.5 cm³/mol. The highest BCUT2D eigenvalue weighted by atomic mass is 14.9. The second-order valence-electron chi connectivity index (χ2n) is 5.99. The van der Waals surface area contributed by atoms with Crippen molar-refractivity contribution in [3.05, 3.63) is 18.2 Å². The SMILES string of the molecule is CCCCC(Cc1ncc[nH]1)CC1CCCCC1. The third-order valence-corrected chi connectivity index (χ3v) is 4.39. The fourth-order valence-electron chi connectivity index (χ4n) is 3.37. The molecule has 2 nitrogen and oxygen atoms in total. The van der Waals surface area contributed by atoms with Crippen molar-refractivity contribution in [2.75, 3.05) is 0 Å². The highest BCUT2D eigenvalue weighted by molar-refractivity contribution is 4.89. The summed E-state index contributed by atoms with van der Waals surface area (Å²) < 4.78 is 0. The van der Waals surface area contributed by atoms with Crippen molar-refractivity contribution >= 4 is 0 Å². The van der Waals surface area contributed by atoms with Gasteiger partial charge in [0.05, 0.1) is 0 Å². The van der Waals surface area contributed by atoms with Crippen LogP contribution in [0.5, 0.6) is 0 Å². The van der Waals surface area contributed by atoms with Crippen LogP contribution in [-0.2, 0) is 6.42 Å². The maximum atomic E-state index is 4.40. The Morgan fingerprint density at radius 3 is 2.83 bits per heavy atom. The molecule has 1 aromatic heterocycles. The summed E-state index contributed by atoms with van der Waals surface area (Å²) in [5.41, 5.74) is 0. The van der Waals surface area contributed by atoms with Crippen molar-refractivity contribution in [3.8, 4) is 0 Å². The van der Waals surface area contributed by atoms with Gasteiger partial charge in [0.15, 0.2) is 0 Å². The van der Waals surface area contributed by atoms with E-state index in [1.54, 1.807) is 0 Å². The minimum absolute atomic E-state index is 0.846. The van der Waals surface area contributed by atoms with Gasteiger partial charge in [0.1, 0.15) is 5.82 Å². The summed E-state index contributed by atoms with van der Waals surface area (Å²) in [6.07, 6.45) is 17.8. The zero-order chi connectivity index (χ0) is 12.6. The first kappa shape index (κ1) is 13.6. The average molecular weight is 248 g/mol. The first-order chi connectivity index (χ1) is 8.88. The monoisotopic (exact) mass is 248 g/mol. The van der Waals surface area contributed by atoms with Crippen molar-refractivity contribution < 1.29 is 0 Å². The van der Waals surface area contributed by atoms with Gasteiger partial charge in [-0.05, 0) is 18.3 Å². The number of nitrogens with zero attached hydrogens (tertiary/aromatic N) is 1. The van der Waals surface area contributed by atoms with Crippen molar-refractivity contribution in [1.29, 1.82) is 0 Å². The third kappa shape index (κ3) is 4.47. The van der Waals surface area contributed by atoms with Crippen LogP contribution in [-0.4, -0.2) is 9.97 Å². The first-order valence-electron chi connectivity index (χ1n) is 7.86. The van der Waals surface area contributed by atoms with Gasteiger partial charge >= 0.3 is 0 Å². The number of nitrogens with one attached hydrogen (secondary N) is 1. The Hall–Kier alpha value is -0.790. The molecule has 18 heavy (non-hydrogen) atoms. The maximum Gasteiger partial charge on any atom is 0.106 e. The minimum Gasteiger partial charge on any atom is -0.349 e. The van der Waals surface area contributed by atoms with Gasteiger partial charge < -0.3 is 4.98 Å². The van der Waals surface area contributed by atoms with Crippen molar-refractivity contribution in [1.82, 2.24) is 9.97 Å². The Kier molecular flexibility index (Phi) is 5.76. The van der Waals surface area contributed by atoms with Crippen molar-refractivity contribution in [2.24, 2.45) is 11.8 Å². The van der Waals surface area contributed by atoms with E-state index < -0.39 is 0 Å². The van der Waals surface area contributed by atoms with Crippen LogP contribution in [0.2, 0.25) is 0 Å². The molecule has 0 spiro atoms. The number of hydrogen-bond donors (Lipinski definition) is 1. The molecule has 1 aromatic rings. The van der Waals surface area contributed by atoms with Crippen molar-refractivity contribution in [3.63, 3.8) is 0 Å². The molecule has 0 amide bonds. The fourth-order valence-corrected chi connectivity index (χ4v) is 3.37. The molecule has 0 aromatic carbocycles. The summed E-state index contributed by atoms with van der Waals surface area (Å²) in [6, 6.07) is 0. The van der Waals surface area contributed by atoms with Gasteiger partial charge in [0, 0.05) is 18.8 Å². The number of H-pyrrole nitrogens is 1. The Balaban J connectivity index is 1.83. The van der Waals surface area contributed by atoms with E-state index >= 15 is 0 Å². The van der Waals surface area contributed by atoms with Crippen LogP contribution in [0.25, 0.3) is 0 Å². The van der Waals surface area contributed by atoms with E-state index in [9.17, 15) is 0 Å². The largest absolute Gasteiger partial charge is 0.349 e. The molecule has 0 radical (unpaired) electrons. The lowest BCUT2D eigenvalue weighted by Gasteiger charge is -2.26. The maximum absolute atomic E-state index is 4.40.